The second-order valence-corrected chi connectivity index (χ2v) is 4.38. The van der Waals surface area contributed by atoms with Crippen LogP contribution in [0.25, 0.3) is 0 Å². The maximum absolute atomic E-state index is 13.4. The lowest BCUT2D eigenvalue weighted by molar-refractivity contribution is -0.142. The molecule has 0 bridgehead atoms. The number of carbonyl (C=O) groups is 1. The van der Waals surface area contributed by atoms with Gasteiger partial charge in [-0.3, -0.25) is 4.79 Å². The summed E-state index contributed by atoms with van der Waals surface area (Å²) in [5.74, 6) is -1.29. The van der Waals surface area contributed by atoms with Gasteiger partial charge < -0.3 is 4.74 Å². The Hall–Kier alpha value is -1.31. The minimum atomic E-state index is -0.919. The van der Waals surface area contributed by atoms with Crippen LogP contribution in [0.15, 0.2) is 12.1 Å². The third-order valence-corrected chi connectivity index (χ3v) is 2.88. The molecule has 0 fully saturated rings. The number of halogens is 3. The van der Waals surface area contributed by atoms with Gasteiger partial charge in [0.2, 0.25) is 0 Å². The van der Waals surface area contributed by atoms with Crippen LogP contribution < -0.4 is 0 Å². The first-order chi connectivity index (χ1) is 8.49. The lowest BCUT2D eigenvalue weighted by atomic mass is 10.1. The molecule has 0 spiro atoms. The van der Waals surface area contributed by atoms with Crippen LogP contribution in [-0.2, 0) is 16.0 Å². The van der Waals surface area contributed by atoms with Crippen molar-refractivity contribution >= 4 is 29.2 Å². The van der Waals surface area contributed by atoms with Crippen LogP contribution in [0.1, 0.15) is 18.1 Å². The summed E-state index contributed by atoms with van der Waals surface area (Å²) >= 11 is 11.4. The molecule has 1 unspecified atom stereocenters. The smallest absolute Gasteiger partial charge is 0.324 e. The maximum atomic E-state index is 13.4. The molecule has 0 aliphatic carbocycles. The van der Waals surface area contributed by atoms with E-state index in [0.717, 1.165) is 6.07 Å². The second kappa shape index (κ2) is 6.58. The first kappa shape index (κ1) is 14.7. The van der Waals surface area contributed by atoms with Gasteiger partial charge in [0.25, 0.3) is 0 Å². The number of rotatable bonds is 4. The molecule has 0 saturated carbocycles. The van der Waals surface area contributed by atoms with Gasteiger partial charge in [0, 0.05) is 0 Å². The van der Waals surface area contributed by atoms with E-state index in [-0.39, 0.29) is 23.6 Å². The Morgan fingerprint density at radius 3 is 2.83 bits per heavy atom. The van der Waals surface area contributed by atoms with Gasteiger partial charge in [0.1, 0.15) is 17.3 Å². The minimum Gasteiger partial charge on any atom is -0.465 e. The molecule has 96 valence electrons. The van der Waals surface area contributed by atoms with Gasteiger partial charge in [0.15, 0.2) is 0 Å². The van der Waals surface area contributed by atoms with E-state index in [1.165, 1.54) is 6.07 Å². The number of carbonyl (C=O) groups excluding carboxylic acids is 1. The van der Waals surface area contributed by atoms with Crippen LogP contribution in [0.4, 0.5) is 4.39 Å². The van der Waals surface area contributed by atoms with Crippen LogP contribution in [0.3, 0.4) is 0 Å². The fourth-order valence-corrected chi connectivity index (χ4v) is 1.76. The summed E-state index contributed by atoms with van der Waals surface area (Å²) in [6.45, 7) is 1.89. The number of alkyl halides is 1. The molecule has 0 saturated heterocycles. The third kappa shape index (κ3) is 3.59. The van der Waals surface area contributed by atoms with E-state index in [1.54, 1.807) is 13.0 Å². The Bertz CT molecular complexity index is 500. The van der Waals surface area contributed by atoms with Crippen molar-refractivity contribution in [2.75, 3.05) is 6.61 Å². The summed E-state index contributed by atoms with van der Waals surface area (Å²) in [4.78, 5) is 11.3. The lowest BCUT2D eigenvalue weighted by Gasteiger charge is -2.09. The predicted octanol–water partition coefficient (Wildman–Crippen LogP) is 3.06. The van der Waals surface area contributed by atoms with Crippen LogP contribution in [-0.4, -0.2) is 18.0 Å². The van der Waals surface area contributed by atoms with Crippen LogP contribution in [0.2, 0.25) is 5.02 Å². The zero-order valence-corrected chi connectivity index (χ0v) is 11.1. The first-order valence-electron chi connectivity index (χ1n) is 5.18. The molecule has 0 N–H and O–H groups in total. The maximum Gasteiger partial charge on any atom is 0.324 e. The molecular formula is C12H10Cl2FNO2. The highest BCUT2D eigenvalue weighted by atomic mass is 35.5. The fraction of sp³-hybridized carbons (Fsp3) is 0.333. The third-order valence-electron chi connectivity index (χ3n) is 2.17. The largest absolute Gasteiger partial charge is 0.465 e. The molecule has 0 aliphatic rings. The number of nitrogens with zero attached hydrogens (tertiary/aromatic N) is 1. The van der Waals surface area contributed by atoms with Crippen molar-refractivity contribution in [1.29, 1.82) is 5.26 Å². The first-order valence-corrected chi connectivity index (χ1v) is 5.99. The molecule has 1 atom stereocenters. The Morgan fingerprint density at radius 1 is 1.61 bits per heavy atom. The number of nitriles is 1. The van der Waals surface area contributed by atoms with Gasteiger partial charge in [-0.2, -0.15) is 5.26 Å². The van der Waals surface area contributed by atoms with Gasteiger partial charge in [-0.25, -0.2) is 4.39 Å². The zero-order chi connectivity index (χ0) is 13.7. The zero-order valence-electron chi connectivity index (χ0n) is 9.54. The summed E-state index contributed by atoms with van der Waals surface area (Å²) in [5.41, 5.74) is 0.431. The van der Waals surface area contributed by atoms with Crippen LogP contribution in [0, 0.1) is 17.1 Å². The van der Waals surface area contributed by atoms with Crippen molar-refractivity contribution < 1.29 is 13.9 Å². The minimum absolute atomic E-state index is 0.0133. The highest BCUT2D eigenvalue weighted by Gasteiger charge is 2.18. The number of esters is 1. The lowest BCUT2D eigenvalue weighted by Crippen LogP contribution is -2.20. The van der Waals surface area contributed by atoms with Crippen molar-refractivity contribution in [3.63, 3.8) is 0 Å². The summed E-state index contributed by atoms with van der Waals surface area (Å²) < 4.78 is 18.1. The summed E-state index contributed by atoms with van der Waals surface area (Å²) in [7, 11) is 0. The topological polar surface area (TPSA) is 50.1 Å². The van der Waals surface area contributed by atoms with E-state index in [0.29, 0.717) is 5.56 Å². The van der Waals surface area contributed by atoms with E-state index in [2.05, 4.69) is 0 Å². The molecule has 0 aromatic heterocycles. The summed E-state index contributed by atoms with van der Waals surface area (Å²) in [6.07, 6.45) is 0.0726. The van der Waals surface area contributed by atoms with Gasteiger partial charge in [0.05, 0.1) is 17.2 Å². The normalized spacial score (nSPS) is 11.7. The highest BCUT2D eigenvalue weighted by molar-refractivity contribution is 6.32. The molecule has 6 heteroatoms. The van der Waals surface area contributed by atoms with Crippen molar-refractivity contribution in [3.8, 4) is 6.07 Å². The molecule has 0 radical (unpaired) electrons. The number of hydrogen-bond acceptors (Lipinski definition) is 3. The molecule has 0 aliphatic heterocycles. The Balaban J connectivity index is 2.89. The van der Waals surface area contributed by atoms with E-state index in [1.807, 2.05) is 0 Å². The molecule has 3 nitrogen and oxygen atoms in total. The van der Waals surface area contributed by atoms with Gasteiger partial charge >= 0.3 is 5.97 Å². The Kier molecular flexibility index (Phi) is 5.39. The highest BCUT2D eigenvalue weighted by Crippen LogP contribution is 2.23. The molecular weight excluding hydrogens is 280 g/mol. The molecule has 0 heterocycles. The van der Waals surface area contributed by atoms with Gasteiger partial charge in [-0.05, 0) is 31.0 Å². The van der Waals surface area contributed by atoms with Crippen molar-refractivity contribution in [2.45, 2.75) is 18.7 Å². The van der Waals surface area contributed by atoms with Crippen molar-refractivity contribution in [3.05, 3.63) is 34.1 Å². The molecule has 0 amide bonds. The number of hydrogen-bond donors (Lipinski definition) is 0. The van der Waals surface area contributed by atoms with Gasteiger partial charge in [-0.15, -0.1) is 11.6 Å². The van der Waals surface area contributed by atoms with Gasteiger partial charge in [-0.1, -0.05) is 11.6 Å². The fourth-order valence-electron chi connectivity index (χ4n) is 1.37. The number of benzene rings is 1. The average molecular weight is 290 g/mol. The molecule has 1 aromatic rings. The van der Waals surface area contributed by atoms with Crippen LogP contribution in [0.5, 0.6) is 0 Å². The van der Waals surface area contributed by atoms with E-state index in [9.17, 15) is 9.18 Å². The Morgan fingerprint density at radius 2 is 2.28 bits per heavy atom. The standard InChI is InChI=1S/C12H10Cl2FNO2/c1-2-18-12(17)9(13)4-7-3-8(6-16)11(14)10(15)5-7/h3,5,9H,2,4H2,1H3. The number of ether oxygens (including phenoxy) is 1. The van der Waals surface area contributed by atoms with Crippen molar-refractivity contribution in [2.24, 2.45) is 0 Å². The molecule has 18 heavy (non-hydrogen) atoms. The second-order valence-electron chi connectivity index (χ2n) is 3.47. The van der Waals surface area contributed by atoms with E-state index < -0.39 is 17.2 Å². The summed E-state index contributed by atoms with van der Waals surface area (Å²) in [5, 5.41) is 7.62. The Labute approximate surface area is 114 Å². The average Bonchev–Trinajstić information content (AvgIpc) is 2.33. The molecule has 1 rings (SSSR count). The van der Waals surface area contributed by atoms with Crippen LogP contribution >= 0.6 is 23.2 Å². The SMILES string of the molecule is CCOC(=O)C(Cl)Cc1cc(F)c(Cl)c(C#N)c1. The van der Waals surface area contributed by atoms with E-state index in [4.69, 9.17) is 33.2 Å². The predicted molar refractivity (Wildman–Crippen MR) is 66.1 cm³/mol. The summed E-state index contributed by atoms with van der Waals surface area (Å²) in [6, 6.07) is 4.33. The quantitative estimate of drug-likeness (QED) is 0.632. The molecule has 1 aromatic carbocycles. The van der Waals surface area contributed by atoms with Crippen molar-refractivity contribution in [1.82, 2.24) is 0 Å². The van der Waals surface area contributed by atoms with E-state index >= 15 is 0 Å². The monoisotopic (exact) mass is 289 g/mol.